The summed E-state index contributed by atoms with van der Waals surface area (Å²) < 4.78 is 39.5. The van der Waals surface area contributed by atoms with Crippen molar-refractivity contribution >= 4 is 29.4 Å². The molecule has 0 spiro atoms. The highest BCUT2D eigenvalue weighted by molar-refractivity contribution is 7.99. The maximum atomic E-state index is 14.0. The molecule has 1 atom stereocenters. The molecule has 0 bridgehead atoms. The largest absolute Gasteiger partial charge is 0.338 e. The predicted octanol–water partition coefficient (Wildman–Crippen LogP) is 5.46. The van der Waals surface area contributed by atoms with Crippen molar-refractivity contribution in [3.63, 3.8) is 0 Å². The topological polar surface area (TPSA) is 20.3 Å². The van der Waals surface area contributed by atoms with E-state index in [1.54, 1.807) is 53.1 Å². The van der Waals surface area contributed by atoms with Crippen LogP contribution in [0.25, 0.3) is 0 Å². The second kappa shape index (κ2) is 8.86. The van der Waals surface area contributed by atoms with Crippen LogP contribution in [0.15, 0.2) is 53.4 Å². The minimum atomic E-state index is -2.57. The van der Waals surface area contributed by atoms with Crippen molar-refractivity contribution in [1.29, 1.82) is 0 Å². The number of carbonyl (C=O) groups excluding carboxylic acids is 1. The number of carbonyl (C=O) groups is 1. The second-order valence-electron chi connectivity index (χ2n) is 5.84. The zero-order valence-electron chi connectivity index (χ0n) is 13.9. The Labute approximate surface area is 159 Å². The summed E-state index contributed by atoms with van der Waals surface area (Å²) in [7, 11) is 0. The van der Waals surface area contributed by atoms with Gasteiger partial charge in [0.25, 0.3) is 11.7 Å². The smallest absolute Gasteiger partial charge is 0.288 e. The summed E-state index contributed by atoms with van der Waals surface area (Å²) in [5, 5.41) is -0.0142. The third-order valence-electron chi connectivity index (χ3n) is 4.21. The van der Waals surface area contributed by atoms with Crippen molar-refractivity contribution in [2.45, 2.75) is 22.3 Å². The van der Waals surface area contributed by atoms with E-state index < -0.39 is 5.76 Å². The lowest BCUT2D eigenvalue weighted by atomic mass is 10.1. The summed E-state index contributed by atoms with van der Waals surface area (Å²) in [6, 6.07) is 13.1. The van der Waals surface area contributed by atoms with E-state index in [1.807, 2.05) is 6.07 Å². The summed E-state index contributed by atoms with van der Waals surface area (Å²) in [6.45, 7) is 0.987. The molecule has 1 amide bonds. The Hall–Kier alpha value is -1.60. The molecule has 1 saturated heterocycles. The van der Waals surface area contributed by atoms with Gasteiger partial charge in [-0.1, -0.05) is 42.1 Å². The molecule has 7 heteroatoms. The van der Waals surface area contributed by atoms with Gasteiger partial charge in [-0.05, 0) is 24.6 Å². The fourth-order valence-corrected chi connectivity index (χ4v) is 4.85. The number of halogens is 3. The number of rotatable bonds is 4. The minimum absolute atomic E-state index is 0.0142. The molecule has 2 aromatic carbocycles. The van der Waals surface area contributed by atoms with Gasteiger partial charge in [-0.15, -0.1) is 0 Å². The van der Waals surface area contributed by atoms with Gasteiger partial charge in [0, 0.05) is 34.6 Å². The van der Waals surface area contributed by atoms with Crippen LogP contribution in [0.3, 0.4) is 0 Å². The molecular weight excluding hydrogens is 379 g/mol. The van der Waals surface area contributed by atoms with E-state index in [1.165, 1.54) is 6.07 Å². The van der Waals surface area contributed by atoms with Gasteiger partial charge < -0.3 is 4.90 Å². The first-order chi connectivity index (χ1) is 12.6. The quantitative estimate of drug-likeness (QED) is 0.639. The third kappa shape index (κ3) is 4.57. The van der Waals surface area contributed by atoms with Crippen LogP contribution in [-0.4, -0.2) is 35.4 Å². The summed E-state index contributed by atoms with van der Waals surface area (Å²) in [4.78, 5) is 14.8. The normalized spacial score (nSPS) is 18.0. The number of hydrogen-bond acceptors (Lipinski definition) is 3. The number of hydrogen-bond donors (Lipinski definition) is 0. The summed E-state index contributed by atoms with van der Waals surface area (Å²) in [5.41, 5.74) is 0.951. The molecule has 1 aliphatic heterocycles. The molecule has 0 N–H and O–H groups in total. The van der Waals surface area contributed by atoms with Gasteiger partial charge in [0.1, 0.15) is 5.82 Å². The lowest BCUT2D eigenvalue weighted by molar-refractivity contribution is 0.0763. The van der Waals surface area contributed by atoms with Crippen LogP contribution in [0, 0.1) is 5.82 Å². The van der Waals surface area contributed by atoms with Crippen molar-refractivity contribution in [3.8, 4) is 0 Å². The molecule has 26 heavy (non-hydrogen) atoms. The first-order valence-corrected chi connectivity index (χ1v) is 10.2. The van der Waals surface area contributed by atoms with Crippen molar-refractivity contribution in [3.05, 3.63) is 65.5 Å². The Bertz CT molecular complexity index is 772. The highest BCUT2D eigenvalue weighted by Crippen LogP contribution is 2.36. The SMILES string of the molecule is O=C(c1ccccc1SC(F)F)N1CCSC(c2ccccc2F)CC1. The van der Waals surface area contributed by atoms with Crippen LogP contribution >= 0.6 is 23.5 Å². The lowest BCUT2D eigenvalue weighted by Crippen LogP contribution is -2.33. The van der Waals surface area contributed by atoms with Crippen LogP contribution in [0.4, 0.5) is 13.2 Å². The highest BCUT2D eigenvalue weighted by atomic mass is 32.2. The summed E-state index contributed by atoms with van der Waals surface area (Å²) >= 11 is 2.01. The standard InChI is InChI=1S/C19H18F3NOS2/c20-15-7-3-1-5-13(15)16-9-10-23(11-12-25-16)18(24)14-6-2-4-8-17(14)26-19(21)22/h1-8,16,19H,9-12H2. The van der Waals surface area contributed by atoms with Gasteiger partial charge in [-0.3, -0.25) is 4.79 Å². The van der Waals surface area contributed by atoms with Crippen molar-refractivity contribution < 1.29 is 18.0 Å². The predicted molar refractivity (Wildman–Crippen MR) is 100 cm³/mol. The molecule has 0 aliphatic carbocycles. The zero-order valence-corrected chi connectivity index (χ0v) is 15.5. The molecule has 0 saturated carbocycles. The number of benzene rings is 2. The molecule has 138 valence electrons. The average Bonchev–Trinajstić information content (AvgIpc) is 2.88. The Morgan fingerprint density at radius 1 is 1.12 bits per heavy atom. The minimum Gasteiger partial charge on any atom is -0.338 e. The van der Waals surface area contributed by atoms with Crippen LogP contribution in [0.1, 0.15) is 27.6 Å². The first kappa shape index (κ1) is 19.2. The van der Waals surface area contributed by atoms with Gasteiger partial charge >= 0.3 is 0 Å². The van der Waals surface area contributed by atoms with Gasteiger partial charge in [0.2, 0.25) is 0 Å². The van der Waals surface area contributed by atoms with E-state index >= 15 is 0 Å². The monoisotopic (exact) mass is 397 g/mol. The van der Waals surface area contributed by atoms with Gasteiger partial charge in [0.05, 0.1) is 5.56 Å². The molecule has 3 rings (SSSR count). The first-order valence-electron chi connectivity index (χ1n) is 8.25. The molecule has 1 heterocycles. The fourth-order valence-electron chi connectivity index (χ4n) is 2.97. The van der Waals surface area contributed by atoms with Crippen LogP contribution < -0.4 is 0 Å². The molecule has 1 fully saturated rings. The van der Waals surface area contributed by atoms with Gasteiger partial charge in [-0.2, -0.15) is 20.5 Å². The molecule has 0 aromatic heterocycles. The zero-order chi connectivity index (χ0) is 18.5. The lowest BCUT2D eigenvalue weighted by Gasteiger charge is -2.21. The Morgan fingerprint density at radius 2 is 1.85 bits per heavy atom. The van der Waals surface area contributed by atoms with Gasteiger partial charge in [0.15, 0.2) is 0 Å². The van der Waals surface area contributed by atoms with Crippen LogP contribution in [-0.2, 0) is 0 Å². The van der Waals surface area contributed by atoms with Gasteiger partial charge in [-0.25, -0.2) is 4.39 Å². The average molecular weight is 397 g/mol. The van der Waals surface area contributed by atoms with Crippen LogP contribution in [0.5, 0.6) is 0 Å². The van der Waals surface area contributed by atoms with E-state index in [0.29, 0.717) is 48.2 Å². The van der Waals surface area contributed by atoms with E-state index in [9.17, 15) is 18.0 Å². The third-order valence-corrected chi connectivity index (χ3v) is 6.31. The number of nitrogens with zero attached hydrogens (tertiary/aromatic N) is 1. The number of thioether (sulfide) groups is 2. The Morgan fingerprint density at radius 3 is 2.62 bits per heavy atom. The Kier molecular flexibility index (Phi) is 6.53. The fraction of sp³-hybridized carbons (Fsp3) is 0.316. The number of alkyl halides is 2. The molecule has 1 unspecified atom stereocenters. The molecular formula is C19H18F3NOS2. The van der Waals surface area contributed by atoms with Crippen molar-refractivity contribution in [1.82, 2.24) is 4.90 Å². The number of amides is 1. The molecule has 2 nitrogen and oxygen atoms in total. The molecule has 2 aromatic rings. The van der Waals surface area contributed by atoms with Crippen LogP contribution in [0.2, 0.25) is 0 Å². The summed E-state index contributed by atoms with van der Waals surface area (Å²) in [5.74, 6) is -2.38. The maximum Gasteiger partial charge on any atom is 0.288 e. The van der Waals surface area contributed by atoms with E-state index in [-0.39, 0.29) is 21.9 Å². The molecule has 1 aliphatic rings. The van der Waals surface area contributed by atoms with Crippen molar-refractivity contribution in [2.24, 2.45) is 0 Å². The highest BCUT2D eigenvalue weighted by Gasteiger charge is 2.26. The maximum absolute atomic E-state index is 14.0. The van der Waals surface area contributed by atoms with Crippen molar-refractivity contribution in [2.75, 3.05) is 18.8 Å². The second-order valence-corrected chi connectivity index (χ2v) is 8.18. The van der Waals surface area contributed by atoms with E-state index in [2.05, 4.69) is 0 Å². The summed E-state index contributed by atoms with van der Waals surface area (Å²) in [6.07, 6.45) is 0.626. The Balaban J connectivity index is 1.73. The van der Waals surface area contributed by atoms with E-state index in [4.69, 9.17) is 0 Å². The van der Waals surface area contributed by atoms with E-state index in [0.717, 1.165) is 0 Å². The molecule has 0 radical (unpaired) electrons.